The number of anilines is 1. The molecule has 1 N–H and O–H groups in total. The highest BCUT2D eigenvalue weighted by Crippen LogP contribution is 2.24. The number of halogens is 2. The van der Waals surface area contributed by atoms with Crippen molar-refractivity contribution in [3.63, 3.8) is 0 Å². The minimum absolute atomic E-state index is 0.310. The molecule has 1 unspecified atom stereocenters. The number of rotatable bonds is 2. The van der Waals surface area contributed by atoms with Crippen LogP contribution in [0.1, 0.15) is 6.42 Å². The summed E-state index contributed by atoms with van der Waals surface area (Å²) in [6.07, 6.45) is 0.578. The molecule has 1 atom stereocenters. The molecule has 1 aromatic rings. The van der Waals surface area contributed by atoms with Crippen molar-refractivity contribution in [2.45, 2.75) is 6.42 Å². The molecule has 0 radical (unpaired) electrons. The van der Waals surface area contributed by atoms with Gasteiger partial charge in [0.2, 0.25) is 5.95 Å². The second-order valence-corrected chi connectivity index (χ2v) is 4.57. The summed E-state index contributed by atoms with van der Waals surface area (Å²) in [5.41, 5.74) is 0. The molecular formula is C10H10BrFN2O2. The first kappa shape index (κ1) is 11.3. The zero-order chi connectivity index (χ0) is 11.7. The number of carboxylic acid groups (broad SMARTS) is 1. The number of aliphatic carboxylic acids is 1. The van der Waals surface area contributed by atoms with Crippen LogP contribution in [-0.4, -0.2) is 29.1 Å². The van der Waals surface area contributed by atoms with Crippen molar-refractivity contribution in [3.8, 4) is 0 Å². The summed E-state index contributed by atoms with van der Waals surface area (Å²) in [5.74, 6) is -1.27. The number of pyridine rings is 1. The van der Waals surface area contributed by atoms with E-state index >= 15 is 0 Å². The summed E-state index contributed by atoms with van der Waals surface area (Å²) in [6, 6.07) is 3.25. The molecule has 1 saturated heterocycles. The first-order chi connectivity index (χ1) is 7.58. The number of carboxylic acids is 1. The number of hydrogen-bond acceptors (Lipinski definition) is 3. The summed E-state index contributed by atoms with van der Waals surface area (Å²) >= 11 is 3.02. The zero-order valence-electron chi connectivity index (χ0n) is 8.36. The van der Waals surface area contributed by atoms with Crippen LogP contribution >= 0.6 is 15.9 Å². The SMILES string of the molecule is O=C(O)C1CCN(c2ccc(Br)c(F)n2)C1. The average Bonchev–Trinajstić information content (AvgIpc) is 2.71. The van der Waals surface area contributed by atoms with Crippen molar-refractivity contribution in [2.75, 3.05) is 18.0 Å². The van der Waals surface area contributed by atoms with Gasteiger partial charge in [0.25, 0.3) is 0 Å². The van der Waals surface area contributed by atoms with E-state index in [1.165, 1.54) is 0 Å². The van der Waals surface area contributed by atoms with Crippen LogP contribution in [-0.2, 0) is 4.79 Å². The molecule has 6 heteroatoms. The van der Waals surface area contributed by atoms with Crippen LogP contribution in [0.25, 0.3) is 0 Å². The molecule has 2 heterocycles. The van der Waals surface area contributed by atoms with Gasteiger partial charge in [-0.15, -0.1) is 0 Å². The molecule has 1 aliphatic rings. The number of aromatic nitrogens is 1. The predicted molar refractivity (Wildman–Crippen MR) is 59.9 cm³/mol. The van der Waals surface area contributed by atoms with E-state index in [0.717, 1.165) is 0 Å². The van der Waals surface area contributed by atoms with Gasteiger partial charge >= 0.3 is 5.97 Å². The molecule has 0 aliphatic carbocycles. The third kappa shape index (κ3) is 2.16. The normalized spacial score (nSPS) is 20.1. The quantitative estimate of drug-likeness (QED) is 0.845. The van der Waals surface area contributed by atoms with Crippen molar-refractivity contribution in [1.82, 2.24) is 4.98 Å². The van der Waals surface area contributed by atoms with Gasteiger partial charge in [0.05, 0.1) is 10.4 Å². The Morgan fingerprint density at radius 2 is 2.38 bits per heavy atom. The van der Waals surface area contributed by atoms with Crippen LogP contribution < -0.4 is 4.90 Å². The van der Waals surface area contributed by atoms with Crippen molar-refractivity contribution in [2.24, 2.45) is 5.92 Å². The number of hydrogen-bond donors (Lipinski definition) is 1. The van der Waals surface area contributed by atoms with E-state index in [4.69, 9.17) is 5.11 Å². The summed E-state index contributed by atoms with van der Waals surface area (Å²) in [4.78, 5) is 16.3. The Balaban J connectivity index is 2.14. The number of nitrogens with zero attached hydrogens (tertiary/aromatic N) is 2. The van der Waals surface area contributed by atoms with Crippen LogP contribution in [0.3, 0.4) is 0 Å². The third-order valence-electron chi connectivity index (χ3n) is 2.65. The number of carbonyl (C=O) groups is 1. The van der Waals surface area contributed by atoms with Crippen molar-refractivity contribution in [1.29, 1.82) is 0 Å². The first-order valence-corrected chi connectivity index (χ1v) is 5.67. The van der Waals surface area contributed by atoms with Crippen molar-refractivity contribution in [3.05, 3.63) is 22.6 Å². The molecule has 1 aliphatic heterocycles. The zero-order valence-corrected chi connectivity index (χ0v) is 9.95. The highest BCUT2D eigenvalue weighted by molar-refractivity contribution is 9.10. The van der Waals surface area contributed by atoms with Gasteiger partial charge in [0.1, 0.15) is 5.82 Å². The van der Waals surface area contributed by atoms with Gasteiger partial charge in [0.15, 0.2) is 0 Å². The minimum atomic E-state index is -0.805. The lowest BCUT2D eigenvalue weighted by Crippen LogP contribution is -2.23. The molecule has 86 valence electrons. The predicted octanol–water partition coefficient (Wildman–Crippen LogP) is 1.89. The standard InChI is InChI=1S/C10H10BrFN2O2/c11-7-1-2-8(13-9(7)12)14-4-3-6(5-14)10(15)16/h1-2,6H,3-5H2,(H,15,16). The fourth-order valence-corrected chi connectivity index (χ4v) is 1.97. The molecule has 0 bridgehead atoms. The van der Waals surface area contributed by atoms with Crippen molar-refractivity contribution >= 4 is 27.7 Å². The van der Waals surface area contributed by atoms with Gasteiger partial charge in [-0.05, 0) is 34.5 Å². The van der Waals surface area contributed by atoms with E-state index in [1.807, 2.05) is 0 Å². The summed E-state index contributed by atoms with van der Waals surface area (Å²) in [5, 5.41) is 8.85. The Hall–Kier alpha value is -1.17. The largest absolute Gasteiger partial charge is 0.481 e. The molecule has 0 aromatic carbocycles. The van der Waals surface area contributed by atoms with Crippen LogP contribution in [0.2, 0.25) is 0 Å². The van der Waals surface area contributed by atoms with E-state index in [0.29, 0.717) is 29.8 Å². The van der Waals surface area contributed by atoms with Gasteiger partial charge in [-0.1, -0.05) is 0 Å². The fourth-order valence-electron chi connectivity index (χ4n) is 1.75. The Morgan fingerprint density at radius 1 is 1.62 bits per heavy atom. The lowest BCUT2D eigenvalue weighted by Gasteiger charge is -2.16. The Bertz CT molecular complexity index is 427. The van der Waals surface area contributed by atoms with Gasteiger partial charge in [-0.2, -0.15) is 4.39 Å². The molecular weight excluding hydrogens is 279 g/mol. The molecule has 0 spiro atoms. The van der Waals surface area contributed by atoms with Gasteiger partial charge in [-0.3, -0.25) is 4.79 Å². The smallest absolute Gasteiger partial charge is 0.308 e. The second kappa shape index (κ2) is 4.37. The van der Waals surface area contributed by atoms with Crippen LogP contribution in [0.15, 0.2) is 16.6 Å². The summed E-state index contributed by atoms with van der Waals surface area (Å²) in [6.45, 7) is 0.994. The Labute approximate surface area is 100 Å². The van der Waals surface area contributed by atoms with Gasteiger partial charge in [0, 0.05) is 13.1 Å². The van der Waals surface area contributed by atoms with Gasteiger partial charge < -0.3 is 10.0 Å². The summed E-state index contributed by atoms with van der Waals surface area (Å²) < 4.78 is 13.5. The average molecular weight is 289 g/mol. The monoisotopic (exact) mass is 288 g/mol. The van der Waals surface area contributed by atoms with E-state index in [-0.39, 0.29) is 5.92 Å². The topological polar surface area (TPSA) is 53.4 Å². The molecule has 2 rings (SSSR count). The summed E-state index contributed by atoms with van der Waals surface area (Å²) in [7, 11) is 0. The van der Waals surface area contributed by atoms with E-state index in [2.05, 4.69) is 20.9 Å². The molecule has 0 saturated carbocycles. The van der Waals surface area contributed by atoms with Crippen LogP contribution in [0.4, 0.5) is 10.2 Å². The van der Waals surface area contributed by atoms with E-state index in [9.17, 15) is 9.18 Å². The minimum Gasteiger partial charge on any atom is -0.481 e. The third-order valence-corrected chi connectivity index (χ3v) is 3.24. The van der Waals surface area contributed by atoms with Gasteiger partial charge in [-0.25, -0.2) is 4.98 Å². The Kier molecular flexibility index (Phi) is 3.09. The maximum Gasteiger partial charge on any atom is 0.308 e. The molecule has 4 nitrogen and oxygen atoms in total. The van der Waals surface area contributed by atoms with E-state index in [1.54, 1.807) is 17.0 Å². The first-order valence-electron chi connectivity index (χ1n) is 4.87. The molecule has 16 heavy (non-hydrogen) atoms. The molecule has 1 aromatic heterocycles. The highest BCUT2D eigenvalue weighted by atomic mass is 79.9. The second-order valence-electron chi connectivity index (χ2n) is 3.71. The van der Waals surface area contributed by atoms with Crippen LogP contribution in [0.5, 0.6) is 0 Å². The lowest BCUT2D eigenvalue weighted by molar-refractivity contribution is -0.140. The highest BCUT2D eigenvalue weighted by Gasteiger charge is 2.28. The van der Waals surface area contributed by atoms with Crippen LogP contribution in [0, 0.1) is 11.9 Å². The maximum atomic E-state index is 13.2. The molecule has 1 fully saturated rings. The maximum absolute atomic E-state index is 13.2. The van der Waals surface area contributed by atoms with E-state index < -0.39 is 11.9 Å². The Morgan fingerprint density at radius 3 is 2.94 bits per heavy atom. The van der Waals surface area contributed by atoms with Crippen molar-refractivity contribution < 1.29 is 14.3 Å². The fraction of sp³-hybridized carbons (Fsp3) is 0.400. The molecule has 0 amide bonds. The lowest BCUT2D eigenvalue weighted by atomic mass is 10.1.